The molecule has 1 atom stereocenters. The molecule has 29 heavy (non-hydrogen) atoms. The van der Waals surface area contributed by atoms with Crippen molar-refractivity contribution in [2.75, 3.05) is 13.2 Å². The Morgan fingerprint density at radius 3 is 2.52 bits per heavy atom. The number of hydrogen-bond donors (Lipinski definition) is 1. The Bertz CT molecular complexity index is 987. The zero-order valence-corrected chi connectivity index (χ0v) is 16.7. The second-order valence-electron chi connectivity index (χ2n) is 6.35. The van der Waals surface area contributed by atoms with Gasteiger partial charge in [-0.3, -0.25) is 4.79 Å². The fourth-order valence-corrected chi connectivity index (χ4v) is 3.05. The van der Waals surface area contributed by atoms with Crippen molar-refractivity contribution in [1.29, 1.82) is 0 Å². The van der Waals surface area contributed by atoms with E-state index in [2.05, 4.69) is 10.3 Å². The highest BCUT2D eigenvalue weighted by Gasteiger charge is 2.24. The third-order valence-corrected chi connectivity index (χ3v) is 4.41. The summed E-state index contributed by atoms with van der Waals surface area (Å²) in [6.07, 6.45) is 3.36. The quantitative estimate of drug-likeness (QED) is 0.627. The zero-order valence-electron chi connectivity index (χ0n) is 16.7. The second-order valence-corrected chi connectivity index (χ2v) is 6.35. The van der Waals surface area contributed by atoms with Crippen LogP contribution >= 0.6 is 0 Å². The van der Waals surface area contributed by atoms with Crippen LogP contribution in [0.2, 0.25) is 0 Å². The van der Waals surface area contributed by atoms with Gasteiger partial charge in [-0.25, -0.2) is 9.37 Å². The van der Waals surface area contributed by atoms with E-state index in [1.54, 1.807) is 60.4 Å². The minimum Gasteiger partial charge on any atom is -0.490 e. The molecule has 152 valence electrons. The first kappa shape index (κ1) is 20.4. The molecule has 1 aromatic heterocycles. The maximum atomic E-state index is 14.5. The van der Waals surface area contributed by atoms with Crippen LogP contribution in [0.5, 0.6) is 11.5 Å². The van der Waals surface area contributed by atoms with E-state index >= 15 is 0 Å². The van der Waals surface area contributed by atoms with Crippen molar-refractivity contribution in [2.24, 2.45) is 7.05 Å². The van der Waals surface area contributed by atoms with Crippen molar-refractivity contribution in [2.45, 2.75) is 19.9 Å². The summed E-state index contributed by atoms with van der Waals surface area (Å²) in [6.45, 7) is 4.66. The summed E-state index contributed by atoms with van der Waals surface area (Å²) in [7, 11) is 1.80. The molecule has 0 fully saturated rings. The molecule has 1 amide bonds. The largest absolute Gasteiger partial charge is 0.490 e. The molecule has 0 saturated carbocycles. The van der Waals surface area contributed by atoms with E-state index in [1.807, 2.05) is 13.8 Å². The summed E-state index contributed by atoms with van der Waals surface area (Å²) in [4.78, 5) is 17.3. The van der Waals surface area contributed by atoms with Gasteiger partial charge in [-0.2, -0.15) is 0 Å². The summed E-state index contributed by atoms with van der Waals surface area (Å²) in [6, 6.07) is 10.6. The minimum absolute atomic E-state index is 0.339. The molecule has 0 bridgehead atoms. The van der Waals surface area contributed by atoms with E-state index in [-0.39, 0.29) is 5.91 Å². The van der Waals surface area contributed by atoms with Gasteiger partial charge in [0.05, 0.1) is 13.2 Å². The van der Waals surface area contributed by atoms with Crippen molar-refractivity contribution < 1.29 is 18.7 Å². The Kier molecular flexibility index (Phi) is 6.49. The number of benzene rings is 2. The maximum absolute atomic E-state index is 14.5. The molecule has 0 spiro atoms. The summed E-state index contributed by atoms with van der Waals surface area (Å²) < 4.78 is 27.4. The molecule has 0 aliphatic heterocycles. The van der Waals surface area contributed by atoms with Crippen LogP contribution in [0, 0.1) is 5.82 Å². The van der Waals surface area contributed by atoms with Gasteiger partial charge in [-0.1, -0.05) is 18.2 Å². The molecule has 3 rings (SSSR count). The third kappa shape index (κ3) is 4.56. The molecule has 0 radical (unpaired) electrons. The molecular weight excluding hydrogens is 373 g/mol. The van der Waals surface area contributed by atoms with Crippen molar-refractivity contribution in [3.05, 3.63) is 77.6 Å². The van der Waals surface area contributed by atoms with Crippen LogP contribution in [-0.4, -0.2) is 28.7 Å². The smallest absolute Gasteiger partial charge is 0.252 e. The van der Waals surface area contributed by atoms with Gasteiger partial charge >= 0.3 is 0 Å². The SMILES string of the molecule is CCOc1ccc(C(=O)NC(c2ccccc2F)c2nccn2C)cc1OCC. The van der Waals surface area contributed by atoms with Crippen LogP contribution < -0.4 is 14.8 Å². The lowest BCUT2D eigenvalue weighted by atomic mass is 10.0. The number of hydrogen-bond acceptors (Lipinski definition) is 4. The molecule has 0 aliphatic carbocycles. The van der Waals surface area contributed by atoms with Gasteiger partial charge in [-0.15, -0.1) is 0 Å². The number of nitrogens with one attached hydrogen (secondary N) is 1. The topological polar surface area (TPSA) is 65.4 Å². The van der Waals surface area contributed by atoms with E-state index in [0.717, 1.165) is 0 Å². The van der Waals surface area contributed by atoms with Gasteiger partial charge in [0.25, 0.3) is 5.91 Å². The van der Waals surface area contributed by atoms with Gasteiger partial charge in [0.15, 0.2) is 11.5 Å². The van der Waals surface area contributed by atoms with Crippen LogP contribution in [0.1, 0.15) is 41.6 Å². The Morgan fingerprint density at radius 2 is 1.86 bits per heavy atom. The van der Waals surface area contributed by atoms with E-state index in [9.17, 15) is 9.18 Å². The molecule has 6 nitrogen and oxygen atoms in total. The van der Waals surface area contributed by atoms with Crippen molar-refractivity contribution in [3.8, 4) is 11.5 Å². The molecular formula is C22H24FN3O3. The van der Waals surface area contributed by atoms with E-state index < -0.39 is 11.9 Å². The lowest BCUT2D eigenvalue weighted by Gasteiger charge is -2.20. The number of imidazole rings is 1. The Hall–Kier alpha value is -3.35. The first-order chi connectivity index (χ1) is 14.0. The molecule has 3 aromatic rings. The van der Waals surface area contributed by atoms with Crippen molar-refractivity contribution in [3.63, 3.8) is 0 Å². The highest BCUT2D eigenvalue weighted by Crippen LogP contribution is 2.29. The first-order valence-electron chi connectivity index (χ1n) is 9.47. The number of amides is 1. The van der Waals surface area contributed by atoms with Gasteiger partial charge in [0.1, 0.15) is 17.7 Å². The molecule has 0 aliphatic rings. The van der Waals surface area contributed by atoms with E-state index in [0.29, 0.717) is 41.7 Å². The van der Waals surface area contributed by atoms with Gasteiger partial charge in [0, 0.05) is 30.6 Å². The predicted octanol–water partition coefficient (Wildman–Crippen LogP) is 3.88. The van der Waals surface area contributed by atoms with Crippen molar-refractivity contribution in [1.82, 2.24) is 14.9 Å². The molecule has 7 heteroatoms. The third-order valence-electron chi connectivity index (χ3n) is 4.41. The minimum atomic E-state index is -0.745. The number of aromatic nitrogens is 2. The fourth-order valence-electron chi connectivity index (χ4n) is 3.05. The normalized spacial score (nSPS) is 11.7. The Morgan fingerprint density at radius 1 is 1.14 bits per heavy atom. The molecule has 1 unspecified atom stereocenters. The molecule has 1 N–H and O–H groups in total. The lowest BCUT2D eigenvalue weighted by molar-refractivity contribution is 0.0940. The fraction of sp³-hybridized carbons (Fsp3) is 0.273. The average molecular weight is 397 g/mol. The van der Waals surface area contributed by atoms with Crippen LogP contribution in [0.15, 0.2) is 54.9 Å². The highest BCUT2D eigenvalue weighted by molar-refractivity contribution is 5.95. The van der Waals surface area contributed by atoms with Gasteiger partial charge in [-0.05, 0) is 38.1 Å². The maximum Gasteiger partial charge on any atom is 0.252 e. The van der Waals surface area contributed by atoms with Crippen LogP contribution in [-0.2, 0) is 7.05 Å². The second kappa shape index (κ2) is 9.23. The number of carbonyl (C=O) groups is 1. The van der Waals surface area contributed by atoms with E-state index in [4.69, 9.17) is 9.47 Å². The number of rotatable bonds is 8. The van der Waals surface area contributed by atoms with Gasteiger partial charge < -0.3 is 19.4 Å². The van der Waals surface area contributed by atoms with Gasteiger partial charge in [0.2, 0.25) is 0 Å². The number of aryl methyl sites for hydroxylation is 1. The summed E-state index contributed by atoms with van der Waals surface area (Å²) in [5.41, 5.74) is 0.721. The number of carbonyl (C=O) groups excluding carboxylic acids is 1. The van der Waals surface area contributed by atoms with Crippen molar-refractivity contribution >= 4 is 5.91 Å². The Balaban J connectivity index is 1.94. The van der Waals surface area contributed by atoms with Crippen LogP contribution in [0.25, 0.3) is 0 Å². The van der Waals surface area contributed by atoms with Crippen LogP contribution in [0.4, 0.5) is 4.39 Å². The molecule has 2 aromatic carbocycles. The standard InChI is InChI=1S/C22H24FN3O3/c1-4-28-18-11-10-15(14-19(18)29-5-2)22(27)25-20(21-24-12-13-26(21)3)16-8-6-7-9-17(16)23/h6-14,20H,4-5H2,1-3H3,(H,25,27). The monoisotopic (exact) mass is 397 g/mol. The lowest BCUT2D eigenvalue weighted by Crippen LogP contribution is -2.31. The summed E-state index contributed by atoms with van der Waals surface area (Å²) in [5, 5.41) is 2.90. The number of ether oxygens (including phenoxy) is 2. The summed E-state index contributed by atoms with van der Waals surface area (Å²) in [5.74, 6) is 0.800. The predicted molar refractivity (Wildman–Crippen MR) is 108 cm³/mol. The molecule has 1 heterocycles. The zero-order chi connectivity index (χ0) is 20.8. The first-order valence-corrected chi connectivity index (χ1v) is 9.47. The molecule has 0 saturated heterocycles. The number of nitrogens with zero attached hydrogens (tertiary/aromatic N) is 2. The summed E-state index contributed by atoms with van der Waals surface area (Å²) >= 11 is 0. The highest BCUT2D eigenvalue weighted by atomic mass is 19.1. The van der Waals surface area contributed by atoms with Crippen LogP contribution in [0.3, 0.4) is 0 Å². The Labute approximate surface area is 169 Å². The average Bonchev–Trinajstić information content (AvgIpc) is 3.14. The number of halogens is 1. The van der Waals surface area contributed by atoms with E-state index in [1.165, 1.54) is 6.07 Å².